The van der Waals surface area contributed by atoms with Crippen LogP contribution in [0.2, 0.25) is 0 Å². The molecule has 0 aliphatic carbocycles. The van der Waals surface area contributed by atoms with E-state index in [-0.39, 0.29) is 17.8 Å². The quantitative estimate of drug-likeness (QED) is 0.625. The molecule has 0 atom stereocenters. The molecule has 2 heterocycles. The number of aromatic amines is 1. The molecule has 124 valence electrons. The van der Waals surface area contributed by atoms with Crippen LogP contribution in [0.25, 0.3) is 16.6 Å². The van der Waals surface area contributed by atoms with E-state index >= 15 is 0 Å². The molecule has 2 aromatic heterocycles. The Kier molecular flexibility index (Phi) is 3.57. The molecule has 0 saturated carbocycles. The monoisotopic (exact) mass is 332 g/mol. The molecule has 0 unspecified atom stereocenters. The molecule has 25 heavy (non-hydrogen) atoms. The van der Waals surface area contributed by atoms with Gasteiger partial charge in [-0.05, 0) is 42.6 Å². The van der Waals surface area contributed by atoms with Crippen molar-refractivity contribution in [2.24, 2.45) is 0 Å². The van der Waals surface area contributed by atoms with Gasteiger partial charge in [-0.3, -0.25) is 9.36 Å². The lowest BCUT2D eigenvalue weighted by Crippen LogP contribution is -2.26. The summed E-state index contributed by atoms with van der Waals surface area (Å²) in [7, 11) is 0. The molecule has 0 spiro atoms. The summed E-state index contributed by atoms with van der Waals surface area (Å²) in [6.45, 7) is 2.17. The van der Waals surface area contributed by atoms with Gasteiger partial charge in [-0.2, -0.15) is 9.78 Å². The number of para-hydroxylation sites is 1. The predicted molar refractivity (Wildman–Crippen MR) is 96.2 cm³/mol. The van der Waals surface area contributed by atoms with Crippen LogP contribution in [0.4, 0.5) is 0 Å². The van der Waals surface area contributed by atoms with E-state index in [9.17, 15) is 9.59 Å². The molecule has 0 aliphatic rings. The van der Waals surface area contributed by atoms with Gasteiger partial charge in [0, 0.05) is 11.1 Å². The minimum absolute atomic E-state index is 0.172. The molecule has 4 rings (SSSR count). The smallest absolute Gasteiger partial charge is 0.322 e. The molecule has 0 radical (unpaired) electrons. The summed E-state index contributed by atoms with van der Waals surface area (Å²) >= 11 is 0. The van der Waals surface area contributed by atoms with Crippen molar-refractivity contribution in [3.05, 3.63) is 92.9 Å². The summed E-state index contributed by atoms with van der Waals surface area (Å²) in [5.74, 6) is 0. The fraction of sp³-hybridized carbons (Fsp3) is 0.105. The van der Waals surface area contributed by atoms with E-state index < -0.39 is 0 Å². The lowest BCUT2D eigenvalue weighted by Gasteiger charge is -2.04. The first kappa shape index (κ1) is 15.1. The van der Waals surface area contributed by atoms with Crippen molar-refractivity contribution in [3.63, 3.8) is 0 Å². The van der Waals surface area contributed by atoms with Crippen molar-refractivity contribution in [1.82, 2.24) is 19.3 Å². The first-order valence-corrected chi connectivity index (χ1v) is 7.94. The number of hydrogen-bond donors (Lipinski definition) is 1. The number of hydrogen-bond acceptors (Lipinski definition) is 3. The van der Waals surface area contributed by atoms with Gasteiger partial charge in [0.25, 0.3) is 5.56 Å². The first-order chi connectivity index (χ1) is 12.1. The van der Waals surface area contributed by atoms with Crippen molar-refractivity contribution in [2.45, 2.75) is 13.5 Å². The number of H-pyrrole nitrogens is 1. The van der Waals surface area contributed by atoms with Crippen LogP contribution >= 0.6 is 0 Å². The number of rotatable bonds is 3. The average molecular weight is 332 g/mol. The lowest BCUT2D eigenvalue weighted by atomic mass is 10.1. The maximum absolute atomic E-state index is 12.6. The molecule has 0 bridgehead atoms. The van der Waals surface area contributed by atoms with Gasteiger partial charge < -0.3 is 4.98 Å². The lowest BCUT2D eigenvalue weighted by molar-refractivity contribution is 0.733. The molecule has 0 saturated heterocycles. The molecule has 0 fully saturated rings. The second-order valence-corrected chi connectivity index (χ2v) is 6.00. The van der Waals surface area contributed by atoms with Gasteiger partial charge in [0.05, 0.1) is 12.2 Å². The van der Waals surface area contributed by atoms with E-state index in [1.54, 1.807) is 0 Å². The Morgan fingerprint density at radius 1 is 1.04 bits per heavy atom. The summed E-state index contributed by atoms with van der Waals surface area (Å²) in [5.41, 5.74) is 2.62. The molecule has 6 nitrogen and oxygen atoms in total. The van der Waals surface area contributed by atoms with Crippen molar-refractivity contribution in [2.75, 3.05) is 0 Å². The van der Waals surface area contributed by atoms with Gasteiger partial charge >= 0.3 is 5.69 Å². The highest BCUT2D eigenvalue weighted by Gasteiger charge is 2.10. The number of fused-ring (bicyclic) bond motifs is 1. The molecule has 1 N–H and O–H groups in total. The second kappa shape index (κ2) is 5.90. The Labute approximate surface area is 143 Å². The van der Waals surface area contributed by atoms with Gasteiger partial charge in [0.2, 0.25) is 0 Å². The average Bonchev–Trinajstić information content (AvgIpc) is 2.97. The van der Waals surface area contributed by atoms with Crippen LogP contribution in [0.15, 0.2) is 70.5 Å². The zero-order valence-corrected chi connectivity index (χ0v) is 13.6. The molecule has 2 aromatic carbocycles. The molecule has 6 heteroatoms. The maximum atomic E-state index is 12.6. The third-order valence-electron chi connectivity index (χ3n) is 4.15. The number of pyridine rings is 1. The number of aryl methyl sites for hydroxylation is 1. The number of aromatic nitrogens is 4. The molecular weight excluding hydrogens is 316 g/mol. The topological polar surface area (TPSA) is 72.7 Å². The maximum Gasteiger partial charge on any atom is 0.350 e. The zero-order chi connectivity index (χ0) is 17.4. The van der Waals surface area contributed by atoms with Gasteiger partial charge in [-0.15, -0.1) is 0 Å². The summed E-state index contributed by atoms with van der Waals surface area (Å²) in [6.07, 6.45) is 1.45. The standard InChI is InChI=1S/C19H16N4O2/c1-13-7-8-17-14(9-13)10-15(18(24)21-17)11-22-12-20-23(19(22)25)16-5-3-2-4-6-16/h2-10,12H,11H2,1H3,(H,21,24). The van der Waals surface area contributed by atoms with Gasteiger partial charge in [-0.1, -0.05) is 29.8 Å². The van der Waals surface area contributed by atoms with E-state index in [1.807, 2.05) is 61.5 Å². The largest absolute Gasteiger partial charge is 0.350 e. The van der Waals surface area contributed by atoms with Crippen LogP contribution < -0.4 is 11.2 Å². The summed E-state index contributed by atoms with van der Waals surface area (Å²) < 4.78 is 2.75. The number of benzene rings is 2. The van der Waals surface area contributed by atoms with Gasteiger partial charge in [-0.25, -0.2) is 4.79 Å². The minimum Gasteiger partial charge on any atom is -0.322 e. The van der Waals surface area contributed by atoms with Crippen molar-refractivity contribution in [3.8, 4) is 5.69 Å². The highest BCUT2D eigenvalue weighted by molar-refractivity contribution is 5.79. The Balaban J connectivity index is 1.75. The summed E-state index contributed by atoms with van der Waals surface area (Å²) in [5, 5.41) is 5.09. The second-order valence-electron chi connectivity index (χ2n) is 6.00. The number of nitrogens with one attached hydrogen (secondary N) is 1. The molecule has 0 aliphatic heterocycles. The van der Waals surface area contributed by atoms with Crippen LogP contribution in [0, 0.1) is 6.92 Å². The van der Waals surface area contributed by atoms with E-state index in [1.165, 1.54) is 15.6 Å². The predicted octanol–water partition coefficient (Wildman–Crippen LogP) is 2.23. The summed E-state index contributed by atoms with van der Waals surface area (Å²) in [4.78, 5) is 27.7. The minimum atomic E-state index is -0.282. The third kappa shape index (κ3) is 2.78. The van der Waals surface area contributed by atoms with Gasteiger partial charge in [0.1, 0.15) is 6.33 Å². The van der Waals surface area contributed by atoms with Crippen LogP contribution in [0.5, 0.6) is 0 Å². The van der Waals surface area contributed by atoms with Crippen molar-refractivity contribution in [1.29, 1.82) is 0 Å². The molecule has 0 amide bonds. The van der Waals surface area contributed by atoms with Crippen LogP contribution in [0.1, 0.15) is 11.1 Å². The van der Waals surface area contributed by atoms with Crippen molar-refractivity contribution >= 4 is 10.9 Å². The normalized spacial score (nSPS) is 11.1. The Hall–Kier alpha value is -3.41. The highest BCUT2D eigenvalue weighted by Crippen LogP contribution is 2.13. The fourth-order valence-corrected chi connectivity index (χ4v) is 2.86. The molecule has 4 aromatic rings. The van der Waals surface area contributed by atoms with E-state index in [0.29, 0.717) is 11.3 Å². The zero-order valence-electron chi connectivity index (χ0n) is 13.6. The Morgan fingerprint density at radius 2 is 1.84 bits per heavy atom. The summed E-state index contributed by atoms with van der Waals surface area (Å²) in [6, 6.07) is 16.9. The van der Waals surface area contributed by atoms with Crippen LogP contribution in [-0.2, 0) is 6.54 Å². The third-order valence-corrected chi connectivity index (χ3v) is 4.15. The first-order valence-electron chi connectivity index (χ1n) is 7.94. The fourth-order valence-electron chi connectivity index (χ4n) is 2.86. The van der Waals surface area contributed by atoms with Gasteiger partial charge in [0.15, 0.2) is 0 Å². The van der Waals surface area contributed by atoms with E-state index in [2.05, 4.69) is 10.1 Å². The van der Waals surface area contributed by atoms with Crippen LogP contribution in [0.3, 0.4) is 0 Å². The van der Waals surface area contributed by atoms with E-state index in [0.717, 1.165) is 16.5 Å². The SMILES string of the molecule is Cc1ccc2[nH]c(=O)c(Cn3cnn(-c4ccccc4)c3=O)cc2c1. The van der Waals surface area contributed by atoms with Crippen molar-refractivity contribution < 1.29 is 0 Å². The Morgan fingerprint density at radius 3 is 2.64 bits per heavy atom. The van der Waals surface area contributed by atoms with Crippen LogP contribution in [-0.4, -0.2) is 19.3 Å². The molecular formula is C19H16N4O2. The number of nitrogens with zero attached hydrogens (tertiary/aromatic N) is 3. The Bertz CT molecular complexity index is 1170. The van der Waals surface area contributed by atoms with E-state index in [4.69, 9.17) is 0 Å². The highest BCUT2D eigenvalue weighted by atomic mass is 16.2.